The predicted octanol–water partition coefficient (Wildman–Crippen LogP) is 5.65. The maximum Gasteiger partial charge on any atom is 0.328 e. The average molecular weight is 388 g/mol. The van der Waals surface area contributed by atoms with Crippen LogP contribution in [0, 0.1) is 0 Å². The first-order chi connectivity index (χ1) is 9.97. The van der Waals surface area contributed by atoms with Crippen LogP contribution in [-0.4, -0.2) is 11.1 Å². The van der Waals surface area contributed by atoms with Crippen LogP contribution in [0.3, 0.4) is 0 Å². The SMILES string of the molecule is O=C(O)/C=C/c1cccc(Cl)c1Oc1cc(Br)ccc1Cl. The molecule has 0 radical (unpaired) electrons. The van der Waals surface area contributed by atoms with Crippen molar-refractivity contribution in [1.82, 2.24) is 0 Å². The summed E-state index contributed by atoms with van der Waals surface area (Å²) >= 11 is 15.5. The summed E-state index contributed by atoms with van der Waals surface area (Å²) < 4.78 is 6.55. The molecule has 2 aromatic rings. The van der Waals surface area contributed by atoms with E-state index in [0.717, 1.165) is 10.5 Å². The molecule has 0 heterocycles. The molecular weight excluding hydrogens is 379 g/mol. The first-order valence-corrected chi connectivity index (χ1v) is 7.34. The van der Waals surface area contributed by atoms with Crippen molar-refractivity contribution in [3.05, 3.63) is 62.6 Å². The second-order valence-electron chi connectivity index (χ2n) is 4.01. The van der Waals surface area contributed by atoms with E-state index in [1.54, 1.807) is 36.4 Å². The first kappa shape index (κ1) is 15.9. The summed E-state index contributed by atoms with van der Waals surface area (Å²) in [4.78, 5) is 10.6. The monoisotopic (exact) mass is 386 g/mol. The van der Waals surface area contributed by atoms with Gasteiger partial charge < -0.3 is 9.84 Å². The average Bonchev–Trinajstić information content (AvgIpc) is 2.43. The van der Waals surface area contributed by atoms with E-state index >= 15 is 0 Å². The minimum Gasteiger partial charge on any atom is -0.478 e. The summed E-state index contributed by atoms with van der Waals surface area (Å²) in [6.07, 6.45) is 2.43. The maximum atomic E-state index is 10.6. The van der Waals surface area contributed by atoms with E-state index in [0.29, 0.717) is 27.1 Å². The van der Waals surface area contributed by atoms with Crippen molar-refractivity contribution in [3.8, 4) is 11.5 Å². The van der Waals surface area contributed by atoms with Gasteiger partial charge in [-0.25, -0.2) is 4.79 Å². The number of hydrogen-bond donors (Lipinski definition) is 1. The number of carboxylic acids is 1. The summed E-state index contributed by atoms with van der Waals surface area (Å²) in [6, 6.07) is 10.2. The molecule has 0 aliphatic rings. The van der Waals surface area contributed by atoms with Gasteiger partial charge in [-0.3, -0.25) is 0 Å². The van der Waals surface area contributed by atoms with E-state index in [4.69, 9.17) is 33.0 Å². The molecular formula is C15H9BrCl2O3. The van der Waals surface area contributed by atoms with E-state index in [1.165, 1.54) is 6.08 Å². The Balaban J connectivity index is 2.43. The van der Waals surface area contributed by atoms with Gasteiger partial charge in [-0.05, 0) is 30.3 Å². The molecule has 21 heavy (non-hydrogen) atoms. The van der Waals surface area contributed by atoms with Crippen molar-refractivity contribution >= 4 is 51.2 Å². The number of aliphatic carboxylic acids is 1. The first-order valence-electron chi connectivity index (χ1n) is 5.80. The van der Waals surface area contributed by atoms with Crippen LogP contribution >= 0.6 is 39.1 Å². The van der Waals surface area contributed by atoms with E-state index in [-0.39, 0.29) is 0 Å². The van der Waals surface area contributed by atoms with Gasteiger partial charge in [0.05, 0.1) is 10.0 Å². The fourth-order valence-electron chi connectivity index (χ4n) is 1.59. The van der Waals surface area contributed by atoms with E-state index < -0.39 is 5.97 Å². The van der Waals surface area contributed by atoms with Crippen LogP contribution in [0.25, 0.3) is 6.08 Å². The van der Waals surface area contributed by atoms with Crippen LogP contribution in [-0.2, 0) is 4.79 Å². The third kappa shape index (κ3) is 4.24. The fourth-order valence-corrected chi connectivity index (χ4v) is 2.31. The van der Waals surface area contributed by atoms with Crippen LogP contribution in [0.2, 0.25) is 10.0 Å². The highest BCUT2D eigenvalue weighted by molar-refractivity contribution is 9.10. The predicted molar refractivity (Wildman–Crippen MR) is 87.3 cm³/mol. The Kier molecular flexibility index (Phi) is 5.28. The molecule has 0 atom stereocenters. The molecule has 0 aromatic heterocycles. The standard InChI is InChI=1S/C15H9BrCl2O3/c16-10-5-6-11(17)13(8-10)21-15-9(4-7-14(19)20)2-1-3-12(15)18/h1-8H,(H,19,20)/b7-4+. The van der Waals surface area contributed by atoms with Crippen molar-refractivity contribution in [1.29, 1.82) is 0 Å². The Bertz CT molecular complexity index is 714. The number of carboxylic acid groups (broad SMARTS) is 1. The number of para-hydroxylation sites is 1. The number of carbonyl (C=O) groups is 1. The molecule has 6 heteroatoms. The van der Waals surface area contributed by atoms with E-state index in [9.17, 15) is 4.79 Å². The number of rotatable bonds is 4. The minimum absolute atomic E-state index is 0.344. The van der Waals surface area contributed by atoms with Gasteiger partial charge in [0.1, 0.15) is 5.75 Å². The zero-order valence-corrected chi connectivity index (χ0v) is 13.6. The highest BCUT2D eigenvalue weighted by Crippen LogP contribution is 2.37. The lowest BCUT2D eigenvalue weighted by molar-refractivity contribution is -0.131. The summed E-state index contributed by atoms with van der Waals surface area (Å²) in [5, 5.41) is 9.50. The van der Waals surface area contributed by atoms with Crippen LogP contribution < -0.4 is 4.74 Å². The highest BCUT2D eigenvalue weighted by Gasteiger charge is 2.11. The van der Waals surface area contributed by atoms with Crippen molar-refractivity contribution in [2.75, 3.05) is 0 Å². The summed E-state index contributed by atoms with van der Waals surface area (Å²) in [6.45, 7) is 0. The molecule has 0 saturated carbocycles. The second-order valence-corrected chi connectivity index (χ2v) is 5.74. The third-order valence-electron chi connectivity index (χ3n) is 2.51. The van der Waals surface area contributed by atoms with Crippen LogP contribution in [0.5, 0.6) is 11.5 Å². The van der Waals surface area contributed by atoms with Crippen molar-refractivity contribution in [3.63, 3.8) is 0 Å². The molecule has 0 bridgehead atoms. The minimum atomic E-state index is -1.05. The second kappa shape index (κ2) is 6.98. The smallest absolute Gasteiger partial charge is 0.328 e. The van der Waals surface area contributed by atoms with Gasteiger partial charge in [0, 0.05) is 16.1 Å². The molecule has 2 rings (SSSR count). The van der Waals surface area contributed by atoms with Crippen LogP contribution in [0.4, 0.5) is 0 Å². The molecule has 0 aliphatic carbocycles. The summed E-state index contributed by atoms with van der Waals surface area (Å²) in [5.41, 5.74) is 0.543. The van der Waals surface area contributed by atoms with Gasteiger partial charge in [-0.1, -0.05) is 51.3 Å². The van der Waals surface area contributed by atoms with Crippen molar-refractivity contribution < 1.29 is 14.6 Å². The van der Waals surface area contributed by atoms with Crippen LogP contribution in [0.1, 0.15) is 5.56 Å². The molecule has 1 N–H and O–H groups in total. The normalized spacial score (nSPS) is 10.8. The lowest BCUT2D eigenvalue weighted by Crippen LogP contribution is -1.91. The number of benzene rings is 2. The Hall–Kier alpha value is -1.49. The number of hydrogen-bond acceptors (Lipinski definition) is 2. The lowest BCUT2D eigenvalue weighted by atomic mass is 10.2. The van der Waals surface area contributed by atoms with Gasteiger partial charge in [0.2, 0.25) is 0 Å². The molecule has 0 saturated heterocycles. The largest absolute Gasteiger partial charge is 0.478 e. The number of ether oxygens (including phenoxy) is 1. The van der Waals surface area contributed by atoms with Gasteiger partial charge in [0.25, 0.3) is 0 Å². The van der Waals surface area contributed by atoms with Gasteiger partial charge >= 0.3 is 5.97 Å². The van der Waals surface area contributed by atoms with Crippen molar-refractivity contribution in [2.45, 2.75) is 0 Å². The Labute approximate surface area is 139 Å². The van der Waals surface area contributed by atoms with Gasteiger partial charge in [0.15, 0.2) is 5.75 Å². The topological polar surface area (TPSA) is 46.5 Å². The van der Waals surface area contributed by atoms with E-state index in [1.807, 2.05) is 0 Å². The van der Waals surface area contributed by atoms with Crippen molar-refractivity contribution in [2.24, 2.45) is 0 Å². The molecule has 0 unspecified atom stereocenters. The molecule has 0 amide bonds. The summed E-state index contributed by atoms with van der Waals surface area (Å²) in [7, 11) is 0. The molecule has 0 aliphatic heterocycles. The third-order valence-corrected chi connectivity index (χ3v) is 3.61. The van der Waals surface area contributed by atoms with Gasteiger partial charge in [-0.2, -0.15) is 0 Å². The Morgan fingerprint density at radius 3 is 2.67 bits per heavy atom. The molecule has 0 spiro atoms. The highest BCUT2D eigenvalue weighted by atomic mass is 79.9. The maximum absolute atomic E-state index is 10.6. The zero-order valence-electron chi connectivity index (χ0n) is 10.5. The molecule has 2 aromatic carbocycles. The summed E-state index contributed by atoms with van der Waals surface area (Å²) in [5.74, 6) is -0.290. The zero-order chi connectivity index (χ0) is 15.4. The number of halogens is 3. The lowest BCUT2D eigenvalue weighted by Gasteiger charge is -2.12. The molecule has 3 nitrogen and oxygen atoms in total. The fraction of sp³-hybridized carbons (Fsp3) is 0. The quantitative estimate of drug-likeness (QED) is 0.690. The van der Waals surface area contributed by atoms with Crippen LogP contribution in [0.15, 0.2) is 46.9 Å². The molecule has 108 valence electrons. The van der Waals surface area contributed by atoms with Gasteiger partial charge in [-0.15, -0.1) is 0 Å². The van der Waals surface area contributed by atoms with E-state index in [2.05, 4.69) is 15.9 Å². The molecule has 0 fully saturated rings. The Morgan fingerprint density at radius 2 is 1.95 bits per heavy atom. The Morgan fingerprint density at radius 1 is 1.19 bits per heavy atom.